The lowest BCUT2D eigenvalue weighted by Gasteiger charge is -2.55. The van der Waals surface area contributed by atoms with Crippen molar-refractivity contribution in [3.05, 3.63) is 17.0 Å². The number of carbonyl (C=O) groups is 1. The molecular formula is C16H25N3O3. The Hall–Kier alpha value is -1.40. The monoisotopic (exact) mass is 307 g/mol. The number of ether oxygens (including phenoxy) is 1. The van der Waals surface area contributed by atoms with Gasteiger partial charge in [-0.05, 0) is 32.1 Å². The van der Waals surface area contributed by atoms with Crippen LogP contribution in [0.5, 0.6) is 0 Å². The first-order chi connectivity index (χ1) is 10.5. The Balaban J connectivity index is 1.76. The molecule has 22 heavy (non-hydrogen) atoms. The van der Waals surface area contributed by atoms with Crippen LogP contribution in [0.3, 0.4) is 0 Å². The number of amides is 1. The summed E-state index contributed by atoms with van der Waals surface area (Å²) in [6.07, 6.45) is 1.90. The van der Waals surface area contributed by atoms with E-state index in [0.29, 0.717) is 25.2 Å². The molecule has 3 rings (SSSR count). The minimum absolute atomic E-state index is 0.0215. The van der Waals surface area contributed by atoms with Gasteiger partial charge in [0.2, 0.25) is 0 Å². The molecule has 6 heteroatoms. The molecule has 6 nitrogen and oxygen atoms in total. The Morgan fingerprint density at radius 3 is 2.73 bits per heavy atom. The second-order valence-electron chi connectivity index (χ2n) is 6.89. The van der Waals surface area contributed by atoms with Crippen LogP contribution in [0.1, 0.15) is 60.8 Å². The van der Waals surface area contributed by atoms with Crippen LogP contribution in [0.25, 0.3) is 0 Å². The third-order valence-corrected chi connectivity index (χ3v) is 5.29. The van der Waals surface area contributed by atoms with E-state index < -0.39 is 0 Å². The number of aliphatic hydroxyl groups is 1. The number of aromatic amines is 1. The predicted octanol–water partition coefficient (Wildman–Crippen LogP) is 1.50. The third kappa shape index (κ3) is 2.34. The van der Waals surface area contributed by atoms with E-state index in [1.165, 1.54) is 0 Å². The number of aryl methyl sites for hydroxylation is 1. The molecule has 0 bridgehead atoms. The van der Waals surface area contributed by atoms with Gasteiger partial charge in [0.05, 0.1) is 17.4 Å². The smallest absolute Gasteiger partial charge is 0.255 e. The molecule has 1 aliphatic heterocycles. The van der Waals surface area contributed by atoms with E-state index in [2.05, 4.69) is 15.5 Å². The SMILES string of the molecule is Cc1[nH]nc(C(C)C)c1C(=O)N[C@@H]1C[C@@H](O)C12CCOCC2. The molecule has 1 saturated heterocycles. The van der Waals surface area contributed by atoms with Gasteiger partial charge in [0.1, 0.15) is 0 Å². The van der Waals surface area contributed by atoms with Crippen LogP contribution in [-0.4, -0.2) is 46.6 Å². The second-order valence-corrected chi connectivity index (χ2v) is 6.89. The molecule has 2 atom stereocenters. The number of aliphatic hydroxyl groups excluding tert-OH is 1. The molecule has 2 fully saturated rings. The summed E-state index contributed by atoms with van der Waals surface area (Å²) in [4.78, 5) is 12.7. The van der Waals surface area contributed by atoms with E-state index in [9.17, 15) is 9.90 Å². The molecule has 1 spiro atoms. The molecule has 1 aliphatic carbocycles. The summed E-state index contributed by atoms with van der Waals surface area (Å²) in [6, 6.07) is 0.0215. The average Bonchev–Trinajstić information content (AvgIpc) is 2.90. The van der Waals surface area contributed by atoms with Crippen molar-refractivity contribution in [2.45, 2.75) is 58.1 Å². The lowest BCUT2D eigenvalue weighted by Crippen LogP contribution is -2.65. The lowest BCUT2D eigenvalue weighted by molar-refractivity contribution is -0.145. The Labute approximate surface area is 130 Å². The van der Waals surface area contributed by atoms with Gasteiger partial charge < -0.3 is 15.2 Å². The standard InChI is InChI=1S/C16H25N3O3/c1-9(2)14-13(10(3)18-19-14)15(21)17-11-8-12(20)16(11)4-6-22-7-5-16/h9,11-12,20H,4-8H2,1-3H3,(H,17,21)(H,18,19)/t11-,12-/m1/s1. The summed E-state index contributed by atoms with van der Waals surface area (Å²) in [5.41, 5.74) is 2.04. The largest absolute Gasteiger partial charge is 0.392 e. The van der Waals surface area contributed by atoms with Crippen molar-refractivity contribution in [2.75, 3.05) is 13.2 Å². The number of hydrogen-bond donors (Lipinski definition) is 3. The summed E-state index contributed by atoms with van der Waals surface area (Å²) in [5.74, 6) is 0.104. The summed E-state index contributed by atoms with van der Waals surface area (Å²) < 4.78 is 5.41. The van der Waals surface area contributed by atoms with Gasteiger partial charge in [0.25, 0.3) is 5.91 Å². The zero-order valence-electron chi connectivity index (χ0n) is 13.5. The summed E-state index contributed by atoms with van der Waals surface area (Å²) in [5, 5.41) is 20.5. The van der Waals surface area contributed by atoms with E-state index in [4.69, 9.17) is 4.74 Å². The maximum absolute atomic E-state index is 12.7. The number of aromatic nitrogens is 2. The van der Waals surface area contributed by atoms with E-state index in [-0.39, 0.29) is 29.4 Å². The highest BCUT2D eigenvalue weighted by Gasteiger charge is 2.55. The van der Waals surface area contributed by atoms with Gasteiger partial charge in [0, 0.05) is 30.4 Å². The molecule has 2 aliphatic rings. The van der Waals surface area contributed by atoms with Crippen LogP contribution in [0.2, 0.25) is 0 Å². The lowest BCUT2D eigenvalue weighted by atomic mass is 9.58. The van der Waals surface area contributed by atoms with Crippen LogP contribution in [-0.2, 0) is 4.74 Å². The number of rotatable bonds is 3. The van der Waals surface area contributed by atoms with Gasteiger partial charge >= 0.3 is 0 Å². The molecule has 1 saturated carbocycles. The maximum Gasteiger partial charge on any atom is 0.255 e. The van der Waals surface area contributed by atoms with E-state index >= 15 is 0 Å². The average molecular weight is 307 g/mol. The zero-order chi connectivity index (χ0) is 15.9. The van der Waals surface area contributed by atoms with Crippen molar-refractivity contribution in [1.29, 1.82) is 0 Å². The topological polar surface area (TPSA) is 87.2 Å². The molecule has 1 aromatic rings. The van der Waals surface area contributed by atoms with E-state index in [0.717, 1.165) is 24.2 Å². The second kappa shape index (κ2) is 5.66. The summed E-state index contributed by atoms with van der Waals surface area (Å²) in [6.45, 7) is 7.24. The minimum Gasteiger partial charge on any atom is -0.392 e. The fourth-order valence-corrected chi connectivity index (χ4v) is 3.78. The van der Waals surface area contributed by atoms with Crippen LogP contribution in [0.15, 0.2) is 0 Å². The van der Waals surface area contributed by atoms with Crippen LogP contribution in [0, 0.1) is 12.3 Å². The third-order valence-electron chi connectivity index (χ3n) is 5.29. The number of H-pyrrole nitrogens is 1. The van der Waals surface area contributed by atoms with Gasteiger partial charge in [-0.3, -0.25) is 9.89 Å². The molecule has 122 valence electrons. The molecule has 2 heterocycles. The van der Waals surface area contributed by atoms with Crippen LogP contribution in [0.4, 0.5) is 0 Å². The molecule has 0 radical (unpaired) electrons. The van der Waals surface area contributed by atoms with Crippen molar-refractivity contribution in [2.24, 2.45) is 5.41 Å². The zero-order valence-corrected chi connectivity index (χ0v) is 13.5. The fourth-order valence-electron chi connectivity index (χ4n) is 3.78. The number of nitrogens with zero attached hydrogens (tertiary/aromatic N) is 1. The van der Waals surface area contributed by atoms with Gasteiger partial charge in [-0.1, -0.05) is 13.8 Å². The van der Waals surface area contributed by atoms with Gasteiger partial charge in [-0.15, -0.1) is 0 Å². The Bertz CT molecular complexity index is 561. The van der Waals surface area contributed by atoms with Crippen molar-refractivity contribution in [3.8, 4) is 0 Å². The maximum atomic E-state index is 12.7. The number of nitrogens with one attached hydrogen (secondary N) is 2. The summed E-state index contributed by atoms with van der Waals surface area (Å²) in [7, 11) is 0. The number of hydrogen-bond acceptors (Lipinski definition) is 4. The predicted molar refractivity (Wildman–Crippen MR) is 81.8 cm³/mol. The van der Waals surface area contributed by atoms with Gasteiger partial charge in [0.15, 0.2) is 0 Å². The molecule has 1 aromatic heterocycles. The van der Waals surface area contributed by atoms with E-state index in [1.807, 2.05) is 20.8 Å². The molecule has 0 aromatic carbocycles. The highest BCUT2D eigenvalue weighted by atomic mass is 16.5. The first-order valence-corrected chi connectivity index (χ1v) is 8.07. The molecule has 1 amide bonds. The Morgan fingerprint density at radius 1 is 1.45 bits per heavy atom. The molecule has 3 N–H and O–H groups in total. The first-order valence-electron chi connectivity index (χ1n) is 8.07. The highest BCUT2D eigenvalue weighted by Crippen LogP contribution is 2.49. The van der Waals surface area contributed by atoms with Crippen molar-refractivity contribution < 1.29 is 14.6 Å². The molecular weight excluding hydrogens is 282 g/mol. The van der Waals surface area contributed by atoms with E-state index in [1.54, 1.807) is 0 Å². The van der Waals surface area contributed by atoms with Crippen LogP contribution < -0.4 is 5.32 Å². The quantitative estimate of drug-likeness (QED) is 0.790. The van der Waals surface area contributed by atoms with Crippen molar-refractivity contribution >= 4 is 5.91 Å². The van der Waals surface area contributed by atoms with Gasteiger partial charge in [-0.2, -0.15) is 5.10 Å². The van der Waals surface area contributed by atoms with Crippen molar-refractivity contribution in [3.63, 3.8) is 0 Å². The minimum atomic E-state index is -0.336. The molecule has 0 unspecified atom stereocenters. The Morgan fingerprint density at radius 2 is 2.14 bits per heavy atom. The Kier molecular flexibility index (Phi) is 3.99. The summed E-state index contributed by atoms with van der Waals surface area (Å²) >= 11 is 0. The first kappa shape index (κ1) is 15.5. The van der Waals surface area contributed by atoms with Gasteiger partial charge in [-0.25, -0.2) is 0 Å². The normalized spacial score (nSPS) is 27.0. The fraction of sp³-hybridized carbons (Fsp3) is 0.750. The number of carbonyl (C=O) groups excluding carboxylic acids is 1. The highest BCUT2D eigenvalue weighted by molar-refractivity contribution is 5.96. The van der Waals surface area contributed by atoms with Crippen LogP contribution >= 0.6 is 0 Å². The van der Waals surface area contributed by atoms with Crippen molar-refractivity contribution in [1.82, 2.24) is 15.5 Å².